The van der Waals surface area contributed by atoms with Gasteiger partial charge >= 0.3 is 11.9 Å². The lowest BCUT2D eigenvalue weighted by molar-refractivity contribution is -0.218. The predicted octanol–water partition coefficient (Wildman–Crippen LogP) is 3.40. The maximum absolute atomic E-state index is 13.6. The predicted molar refractivity (Wildman–Crippen MR) is 133 cm³/mol. The lowest BCUT2D eigenvalue weighted by Gasteiger charge is -2.58. The van der Waals surface area contributed by atoms with E-state index >= 15 is 0 Å². The van der Waals surface area contributed by atoms with Crippen molar-refractivity contribution in [2.75, 3.05) is 0 Å². The molecule has 7 aliphatic rings. The van der Waals surface area contributed by atoms with Gasteiger partial charge in [0, 0.05) is 30.3 Å². The smallest absolute Gasteiger partial charge is 0.334 e. The van der Waals surface area contributed by atoms with E-state index in [0.717, 1.165) is 37.7 Å². The Morgan fingerprint density at radius 3 is 2.55 bits per heavy atom. The molecule has 0 bridgehead atoms. The molecule has 8 heteroatoms. The fraction of sp³-hybridized carbons (Fsp3) is 0.767. The van der Waals surface area contributed by atoms with Crippen LogP contribution in [-0.4, -0.2) is 58.6 Å². The molecule has 2 saturated heterocycles. The molecule has 0 unspecified atom stereocenters. The Kier molecular flexibility index (Phi) is 4.98. The van der Waals surface area contributed by atoms with Gasteiger partial charge in [0.2, 0.25) is 0 Å². The number of epoxide rings is 1. The van der Waals surface area contributed by atoms with Crippen LogP contribution >= 0.6 is 0 Å². The van der Waals surface area contributed by atoms with Crippen molar-refractivity contribution in [3.05, 3.63) is 23.3 Å². The average Bonchev–Trinajstić information content (AvgIpc) is 3.37. The number of rotatable bonds is 2. The van der Waals surface area contributed by atoms with Gasteiger partial charge in [0.1, 0.15) is 17.3 Å². The van der Waals surface area contributed by atoms with Crippen LogP contribution in [0.5, 0.6) is 0 Å². The summed E-state index contributed by atoms with van der Waals surface area (Å²) in [6.07, 6.45) is 5.87. The van der Waals surface area contributed by atoms with Gasteiger partial charge in [0.25, 0.3) is 0 Å². The first-order chi connectivity index (χ1) is 17.9. The highest BCUT2D eigenvalue weighted by Gasteiger charge is 2.83. The molecule has 0 aromatic heterocycles. The maximum atomic E-state index is 13.6. The van der Waals surface area contributed by atoms with Gasteiger partial charge in [0.05, 0.1) is 11.5 Å². The van der Waals surface area contributed by atoms with Crippen LogP contribution in [-0.2, 0) is 33.3 Å². The summed E-state index contributed by atoms with van der Waals surface area (Å²) >= 11 is 0. The standard InChI is InChI=1S/C30H38O8/c1-14-12-23(36-25(33)15(14)2)28(5)20-7-6-19-17-13-24-30(37-24)22(35-16(3)31)9-8-21(32)27(30,4)18(17)10-11-29(19,20)26(34)38-28/h8-9,17-20,22-24,26,34H,6-7,10-13H2,1-5H3/t17-,18+,19+,20-,22+,23-,24-,26-,27+,28-,29-,30-/m1/s1. The van der Waals surface area contributed by atoms with Gasteiger partial charge < -0.3 is 24.1 Å². The third kappa shape index (κ3) is 2.70. The number of aliphatic hydroxyl groups is 1. The van der Waals surface area contributed by atoms with E-state index in [1.807, 2.05) is 20.8 Å². The molecule has 0 amide bonds. The van der Waals surface area contributed by atoms with Crippen molar-refractivity contribution >= 4 is 17.7 Å². The van der Waals surface area contributed by atoms with Crippen LogP contribution in [0.1, 0.15) is 73.1 Å². The highest BCUT2D eigenvalue weighted by atomic mass is 16.7. The normalized spacial score (nSPS) is 54.4. The van der Waals surface area contributed by atoms with Crippen molar-refractivity contribution in [1.29, 1.82) is 0 Å². The minimum atomic E-state index is -0.952. The monoisotopic (exact) mass is 526 g/mol. The molecule has 5 fully saturated rings. The van der Waals surface area contributed by atoms with E-state index < -0.39 is 40.5 Å². The van der Waals surface area contributed by atoms with Crippen molar-refractivity contribution in [1.82, 2.24) is 0 Å². The summed E-state index contributed by atoms with van der Waals surface area (Å²) in [5.74, 6) is -0.162. The lowest BCUT2D eigenvalue weighted by atomic mass is 9.44. The number of ketones is 1. The quantitative estimate of drug-likeness (QED) is 0.431. The number of fused-ring (bicyclic) bond motifs is 3. The van der Waals surface area contributed by atoms with Crippen LogP contribution in [0.4, 0.5) is 0 Å². The zero-order valence-corrected chi connectivity index (χ0v) is 22.8. The summed E-state index contributed by atoms with van der Waals surface area (Å²) in [6, 6.07) is 0. The molecule has 8 nitrogen and oxygen atoms in total. The van der Waals surface area contributed by atoms with Gasteiger partial charge in [-0.05, 0) is 89.7 Å². The molecule has 3 saturated carbocycles. The van der Waals surface area contributed by atoms with Gasteiger partial charge in [-0.3, -0.25) is 9.59 Å². The van der Waals surface area contributed by atoms with E-state index in [4.69, 9.17) is 18.9 Å². The van der Waals surface area contributed by atoms with Gasteiger partial charge in [-0.1, -0.05) is 5.57 Å². The second-order valence-corrected chi connectivity index (χ2v) is 13.4. The van der Waals surface area contributed by atoms with E-state index in [1.165, 1.54) is 6.92 Å². The molecule has 7 rings (SSSR count). The van der Waals surface area contributed by atoms with Crippen molar-refractivity contribution in [3.8, 4) is 0 Å². The summed E-state index contributed by atoms with van der Waals surface area (Å²) in [5, 5.41) is 11.6. The Morgan fingerprint density at radius 2 is 1.84 bits per heavy atom. The molecule has 0 aromatic carbocycles. The van der Waals surface area contributed by atoms with Crippen LogP contribution in [0.3, 0.4) is 0 Å². The average molecular weight is 527 g/mol. The molecule has 3 heterocycles. The van der Waals surface area contributed by atoms with Crippen molar-refractivity contribution in [3.63, 3.8) is 0 Å². The van der Waals surface area contributed by atoms with Crippen molar-refractivity contribution in [2.45, 2.75) is 109 Å². The number of carbonyl (C=O) groups is 3. The molecule has 0 aromatic rings. The van der Waals surface area contributed by atoms with E-state index in [0.29, 0.717) is 12.0 Å². The molecule has 3 aliphatic heterocycles. The summed E-state index contributed by atoms with van der Waals surface area (Å²) in [7, 11) is 0. The fourth-order valence-corrected chi connectivity index (χ4v) is 10.4. The molecule has 1 N–H and O–H groups in total. The number of cyclic esters (lactones) is 1. The van der Waals surface area contributed by atoms with Gasteiger partial charge in [0.15, 0.2) is 18.2 Å². The third-order valence-electron chi connectivity index (χ3n) is 12.3. The Morgan fingerprint density at radius 1 is 1.08 bits per heavy atom. The number of carbonyl (C=O) groups excluding carboxylic acids is 3. The van der Waals surface area contributed by atoms with Crippen LogP contribution in [0.15, 0.2) is 23.3 Å². The van der Waals surface area contributed by atoms with Crippen LogP contribution in [0.25, 0.3) is 0 Å². The van der Waals surface area contributed by atoms with Crippen LogP contribution in [0, 0.1) is 34.5 Å². The van der Waals surface area contributed by atoms with Crippen molar-refractivity contribution < 1.29 is 38.4 Å². The number of esters is 2. The first kappa shape index (κ1) is 25.0. The lowest BCUT2D eigenvalue weighted by Crippen LogP contribution is -2.64. The highest BCUT2D eigenvalue weighted by molar-refractivity contribution is 5.98. The molecule has 0 radical (unpaired) electrons. The van der Waals surface area contributed by atoms with E-state index in [9.17, 15) is 19.5 Å². The number of aliphatic hydroxyl groups excluding tert-OH is 1. The molecule has 2 spiro atoms. The Labute approximate surface area is 223 Å². The fourth-order valence-electron chi connectivity index (χ4n) is 10.4. The second-order valence-electron chi connectivity index (χ2n) is 13.4. The largest absolute Gasteiger partial charge is 0.456 e. The van der Waals surface area contributed by atoms with E-state index in [-0.39, 0.29) is 47.5 Å². The number of hydrogen-bond donors (Lipinski definition) is 1. The number of hydrogen-bond acceptors (Lipinski definition) is 8. The minimum Gasteiger partial charge on any atom is -0.456 e. The zero-order chi connectivity index (χ0) is 27.0. The molecular weight excluding hydrogens is 488 g/mol. The van der Waals surface area contributed by atoms with Gasteiger partial charge in [-0.2, -0.15) is 0 Å². The van der Waals surface area contributed by atoms with Crippen LogP contribution < -0.4 is 0 Å². The summed E-state index contributed by atoms with van der Waals surface area (Å²) in [4.78, 5) is 38.1. The van der Waals surface area contributed by atoms with E-state index in [2.05, 4.69) is 0 Å². The Bertz CT molecular complexity index is 1200. The molecule has 4 aliphatic carbocycles. The summed E-state index contributed by atoms with van der Waals surface area (Å²) < 4.78 is 24.5. The maximum Gasteiger partial charge on any atom is 0.334 e. The zero-order valence-electron chi connectivity index (χ0n) is 22.8. The Hall–Kier alpha value is -2.03. The van der Waals surface area contributed by atoms with Gasteiger partial charge in [-0.25, -0.2) is 4.79 Å². The molecule has 206 valence electrons. The summed E-state index contributed by atoms with van der Waals surface area (Å²) in [5.41, 5.74) is -1.14. The molecule has 38 heavy (non-hydrogen) atoms. The summed E-state index contributed by atoms with van der Waals surface area (Å²) in [6.45, 7) is 9.20. The topological polar surface area (TPSA) is 112 Å². The second kappa shape index (κ2) is 7.58. The first-order valence-corrected chi connectivity index (χ1v) is 14.2. The third-order valence-corrected chi connectivity index (χ3v) is 12.3. The van der Waals surface area contributed by atoms with Gasteiger partial charge in [-0.15, -0.1) is 0 Å². The van der Waals surface area contributed by atoms with Crippen LogP contribution in [0.2, 0.25) is 0 Å². The Balaban J connectivity index is 1.23. The number of allylic oxidation sites excluding steroid dienone is 1. The molecule has 12 atom stereocenters. The molecular formula is C30H38O8. The number of ether oxygens (including phenoxy) is 4. The highest BCUT2D eigenvalue weighted by Crippen LogP contribution is 2.76. The van der Waals surface area contributed by atoms with E-state index in [1.54, 1.807) is 19.1 Å². The van der Waals surface area contributed by atoms with Crippen molar-refractivity contribution in [2.24, 2.45) is 34.5 Å². The SMILES string of the molecule is CC(=O)O[C@H]1C=CC(=O)[C@]2(C)[C@H]3CC[C@]45[C@H](O)O[C@@](C)([C@H]6CC(C)=C(C)C(=O)O6)[C@H]4CC[C@H]5[C@@H]3C[C@H]3O[C@]132. The first-order valence-electron chi connectivity index (χ1n) is 14.2. The minimum absolute atomic E-state index is 0.0448.